The molecule has 5 heteroatoms. The van der Waals surface area contributed by atoms with Crippen molar-refractivity contribution in [2.24, 2.45) is 0 Å². The molecule has 1 aliphatic heterocycles. The Hall–Kier alpha value is -1.78. The quantitative estimate of drug-likeness (QED) is 0.909. The van der Waals surface area contributed by atoms with Gasteiger partial charge in [-0.25, -0.2) is 0 Å². The minimum atomic E-state index is -0.681. The smallest absolute Gasteiger partial charge is 0.249 e. The van der Waals surface area contributed by atoms with Crippen LogP contribution in [0.3, 0.4) is 0 Å². The van der Waals surface area contributed by atoms with Crippen molar-refractivity contribution >= 4 is 11.8 Å². The van der Waals surface area contributed by atoms with E-state index in [-0.39, 0.29) is 17.9 Å². The number of rotatable bonds is 2. The molecule has 2 unspecified atom stereocenters. The molecule has 3 rings (SSSR count). The number of hydrogen-bond donors (Lipinski definition) is 1. The van der Waals surface area contributed by atoms with Crippen LogP contribution in [-0.4, -0.2) is 28.3 Å². The fourth-order valence-corrected chi connectivity index (χ4v) is 3.59. The van der Waals surface area contributed by atoms with Crippen molar-refractivity contribution in [3.8, 4) is 0 Å². The zero-order valence-corrected chi connectivity index (χ0v) is 12.8. The number of nitrogens with one attached hydrogen (secondary N) is 1. The number of nitrogens with zero attached hydrogens (tertiary/aromatic N) is 1. The normalized spacial score (nSPS) is 26.2. The number of aryl methyl sites for hydroxylation is 1. The first-order valence-corrected chi connectivity index (χ1v) is 7.66. The van der Waals surface area contributed by atoms with Crippen LogP contribution in [0.2, 0.25) is 0 Å². The van der Waals surface area contributed by atoms with E-state index < -0.39 is 11.6 Å². The molecule has 21 heavy (non-hydrogen) atoms. The average Bonchev–Trinajstić information content (AvgIpc) is 3.07. The summed E-state index contributed by atoms with van der Waals surface area (Å²) in [7, 11) is 0. The molecule has 5 nitrogen and oxygen atoms in total. The SMILES string of the molecule is Cc1ccc(C(C)N2C(=O)C3(CCCC3)NC(=O)C2C)o1. The fraction of sp³-hybridized carbons (Fsp3) is 0.625. The summed E-state index contributed by atoms with van der Waals surface area (Å²) in [6, 6.07) is 3.07. The van der Waals surface area contributed by atoms with E-state index in [2.05, 4.69) is 5.32 Å². The Balaban J connectivity index is 1.94. The number of carbonyl (C=O) groups excluding carboxylic acids is 2. The van der Waals surface area contributed by atoms with Crippen LogP contribution in [0.25, 0.3) is 0 Å². The fourth-order valence-electron chi connectivity index (χ4n) is 3.59. The molecule has 2 amide bonds. The second-order valence-electron chi connectivity index (χ2n) is 6.29. The van der Waals surface area contributed by atoms with E-state index in [4.69, 9.17) is 4.42 Å². The third-order valence-corrected chi connectivity index (χ3v) is 4.85. The highest BCUT2D eigenvalue weighted by molar-refractivity contribution is 6.00. The minimum absolute atomic E-state index is 0.0358. The summed E-state index contributed by atoms with van der Waals surface area (Å²) in [5.41, 5.74) is -0.681. The van der Waals surface area contributed by atoms with E-state index in [1.54, 1.807) is 11.8 Å². The lowest BCUT2D eigenvalue weighted by atomic mass is 9.90. The van der Waals surface area contributed by atoms with Gasteiger partial charge in [-0.3, -0.25) is 9.59 Å². The van der Waals surface area contributed by atoms with E-state index in [9.17, 15) is 9.59 Å². The van der Waals surface area contributed by atoms with Gasteiger partial charge in [0.15, 0.2) is 0 Å². The van der Waals surface area contributed by atoms with Gasteiger partial charge in [0.1, 0.15) is 23.1 Å². The highest BCUT2D eigenvalue weighted by Crippen LogP contribution is 2.38. The third kappa shape index (κ3) is 2.15. The average molecular weight is 290 g/mol. The molecule has 114 valence electrons. The first-order valence-electron chi connectivity index (χ1n) is 7.66. The molecule has 0 radical (unpaired) electrons. The maximum atomic E-state index is 13.0. The van der Waals surface area contributed by atoms with E-state index in [1.165, 1.54) is 0 Å². The molecule has 0 aromatic carbocycles. The number of furan rings is 1. The van der Waals surface area contributed by atoms with Crippen LogP contribution in [0, 0.1) is 6.92 Å². The summed E-state index contributed by atoms with van der Waals surface area (Å²) >= 11 is 0. The van der Waals surface area contributed by atoms with Crippen LogP contribution in [0.15, 0.2) is 16.5 Å². The second-order valence-corrected chi connectivity index (χ2v) is 6.29. The summed E-state index contributed by atoms with van der Waals surface area (Å²) in [5.74, 6) is 1.52. The van der Waals surface area contributed by atoms with Crippen molar-refractivity contribution in [2.75, 3.05) is 0 Å². The second kappa shape index (κ2) is 4.90. The molecule has 1 aromatic heterocycles. The molecule has 2 fully saturated rings. The molecule has 2 atom stereocenters. The van der Waals surface area contributed by atoms with E-state index in [0.29, 0.717) is 0 Å². The molecule has 1 aliphatic carbocycles. The Labute approximate surface area is 124 Å². The maximum Gasteiger partial charge on any atom is 0.249 e. The van der Waals surface area contributed by atoms with Gasteiger partial charge in [-0.05, 0) is 45.7 Å². The van der Waals surface area contributed by atoms with Crippen molar-refractivity contribution in [1.82, 2.24) is 10.2 Å². The van der Waals surface area contributed by atoms with Gasteiger partial charge in [0.2, 0.25) is 11.8 Å². The van der Waals surface area contributed by atoms with Gasteiger partial charge in [0, 0.05) is 0 Å². The highest BCUT2D eigenvalue weighted by Gasteiger charge is 2.52. The minimum Gasteiger partial charge on any atom is -0.464 e. The third-order valence-electron chi connectivity index (χ3n) is 4.85. The molecule has 2 heterocycles. The molecule has 0 bridgehead atoms. The van der Waals surface area contributed by atoms with Gasteiger partial charge in [0.05, 0.1) is 6.04 Å². The van der Waals surface area contributed by atoms with Crippen molar-refractivity contribution in [1.29, 1.82) is 0 Å². The van der Waals surface area contributed by atoms with Gasteiger partial charge in [-0.15, -0.1) is 0 Å². The molecule has 2 aliphatic rings. The predicted octanol–water partition coefficient (Wildman–Crippen LogP) is 2.31. The Morgan fingerprint density at radius 1 is 1.33 bits per heavy atom. The number of piperazine rings is 1. The lowest BCUT2D eigenvalue weighted by molar-refractivity contribution is -0.157. The predicted molar refractivity (Wildman–Crippen MR) is 77.5 cm³/mol. The van der Waals surface area contributed by atoms with Crippen LogP contribution in [0.1, 0.15) is 57.1 Å². The van der Waals surface area contributed by atoms with Gasteiger partial charge < -0.3 is 14.6 Å². The van der Waals surface area contributed by atoms with Crippen molar-refractivity contribution in [3.63, 3.8) is 0 Å². The Morgan fingerprint density at radius 2 is 2.00 bits per heavy atom. The number of carbonyl (C=O) groups is 2. The van der Waals surface area contributed by atoms with Gasteiger partial charge >= 0.3 is 0 Å². The summed E-state index contributed by atoms with van der Waals surface area (Å²) < 4.78 is 5.66. The van der Waals surface area contributed by atoms with Crippen molar-refractivity contribution in [2.45, 2.75) is 64.1 Å². The van der Waals surface area contributed by atoms with Crippen LogP contribution < -0.4 is 5.32 Å². The zero-order chi connectivity index (χ0) is 15.2. The van der Waals surface area contributed by atoms with Crippen molar-refractivity contribution < 1.29 is 14.0 Å². The molecule has 1 spiro atoms. The largest absolute Gasteiger partial charge is 0.464 e. The number of amides is 2. The van der Waals surface area contributed by atoms with Crippen LogP contribution >= 0.6 is 0 Å². The van der Waals surface area contributed by atoms with E-state index in [0.717, 1.165) is 37.2 Å². The monoisotopic (exact) mass is 290 g/mol. The molecule has 1 saturated carbocycles. The van der Waals surface area contributed by atoms with Crippen LogP contribution in [0.5, 0.6) is 0 Å². The number of hydrogen-bond acceptors (Lipinski definition) is 3. The van der Waals surface area contributed by atoms with E-state index >= 15 is 0 Å². The lowest BCUT2D eigenvalue weighted by Crippen LogP contribution is -2.69. The van der Waals surface area contributed by atoms with Gasteiger partial charge in [0.25, 0.3) is 0 Å². The summed E-state index contributed by atoms with van der Waals surface area (Å²) in [6.45, 7) is 5.58. The lowest BCUT2D eigenvalue weighted by Gasteiger charge is -2.45. The summed E-state index contributed by atoms with van der Waals surface area (Å²) in [6.07, 6.45) is 3.46. The Kier molecular flexibility index (Phi) is 3.30. The topological polar surface area (TPSA) is 62.6 Å². The standard InChI is InChI=1S/C16H22N2O3/c1-10-6-7-13(21-10)11(2)18-12(3)14(19)17-16(15(18)20)8-4-5-9-16/h6-7,11-12H,4-5,8-9H2,1-3H3,(H,17,19). The molecule has 1 aromatic rings. The molecule has 1 saturated heterocycles. The van der Waals surface area contributed by atoms with Crippen LogP contribution in [0.4, 0.5) is 0 Å². The molecular formula is C16H22N2O3. The van der Waals surface area contributed by atoms with Crippen molar-refractivity contribution in [3.05, 3.63) is 23.7 Å². The van der Waals surface area contributed by atoms with E-state index in [1.807, 2.05) is 26.0 Å². The first kappa shape index (κ1) is 14.2. The first-order chi connectivity index (χ1) is 9.94. The maximum absolute atomic E-state index is 13.0. The van der Waals surface area contributed by atoms with Gasteiger partial charge in [-0.2, -0.15) is 0 Å². The molecule has 1 N–H and O–H groups in total. The Morgan fingerprint density at radius 3 is 2.57 bits per heavy atom. The van der Waals surface area contributed by atoms with Crippen LogP contribution in [-0.2, 0) is 9.59 Å². The Bertz CT molecular complexity index is 572. The van der Waals surface area contributed by atoms with Gasteiger partial charge in [-0.1, -0.05) is 12.8 Å². The zero-order valence-electron chi connectivity index (χ0n) is 12.8. The summed E-state index contributed by atoms with van der Waals surface area (Å²) in [5, 5.41) is 2.97. The molecular weight excluding hydrogens is 268 g/mol. The summed E-state index contributed by atoms with van der Waals surface area (Å²) in [4.78, 5) is 27.0. The highest BCUT2D eigenvalue weighted by atomic mass is 16.3.